The fraction of sp³-hybridized carbons (Fsp3) is 0.467. The van der Waals surface area contributed by atoms with Crippen LogP contribution in [0.2, 0.25) is 0 Å². The molecule has 4 nitrogen and oxygen atoms in total. The van der Waals surface area contributed by atoms with Gasteiger partial charge in [0.1, 0.15) is 11.6 Å². The fourth-order valence-electron chi connectivity index (χ4n) is 2.43. The van der Waals surface area contributed by atoms with E-state index in [0.29, 0.717) is 6.42 Å². The smallest absolute Gasteiger partial charge is 0.252 e. The highest BCUT2D eigenvalue weighted by atomic mass is 32.2. The number of hydrogen-bond acceptors (Lipinski definition) is 3. The molecule has 20 heavy (non-hydrogen) atoms. The zero-order chi connectivity index (χ0) is 14.9. The van der Waals surface area contributed by atoms with E-state index >= 15 is 0 Å². The number of carbonyl (C=O) groups excluding carboxylic acids is 2. The molecule has 1 aliphatic heterocycles. The van der Waals surface area contributed by atoms with Crippen molar-refractivity contribution in [1.82, 2.24) is 5.32 Å². The summed E-state index contributed by atoms with van der Waals surface area (Å²) in [5.74, 6) is -0.158. The van der Waals surface area contributed by atoms with Crippen LogP contribution in [0.1, 0.15) is 27.2 Å². The van der Waals surface area contributed by atoms with E-state index in [9.17, 15) is 9.59 Å². The first-order chi connectivity index (χ1) is 9.40. The predicted molar refractivity (Wildman–Crippen MR) is 82.0 cm³/mol. The molecule has 1 N–H and O–H groups in total. The van der Waals surface area contributed by atoms with E-state index < -0.39 is 11.6 Å². The van der Waals surface area contributed by atoms with Crippen LogP contribution in [0.5, 0.6) is 0 Å². The lowest BCUT2D eigenvalue weighted by atomic mass is 9.95. The van der Waals surface area contributed by atoms with Crippen molar-refractivity contribution in [3.8, 4) is 0 Å². The Morgan fingerprint density at radius 2 is 2.05 bits per heavy atom. The molecule has 1 aromatic rings. The molecule has 108 valence electrons. The summed E-state index contributed by atoms with van der Waals surface area (Å²) < 4.78 is 0. The van der Waals surface area contributed by atoms with Gasteiger partial charge in [0.15, 0.2) is 0 Å². The lowest BCUT2D eigenvalue weighted by Gasteiger charge is -2.42. The summed E-state index contributed by atoms with van der Waals surface area (Å²) in [6.45, 7) is 5.40. The Hall–Kier alpha value is -1.49. The van der Waals surface area contributed by atoms with Crippen LogP contribution in [-0.4, -0.2) is 29.7 Å². The maximum atomic E-state index is 12.7. The van der Waals surface area contributed by atoms with E-state index in [4.69, 9.17) is 0 Å². The number of thioether (sulfide) groups is 1. The Morgan fingerprint density at radius 3 is 2.65 bits per heavy atom. The van der Waals surface area contributed by atoms with E-state index in [2.05, 4.69) is 5.32 Å². The highest BCUT2D eigenvalue weighted by Crippen LogP contribution is 2.29. The van der Waals surface area contributed by atoms with Crippen LogP contribution < -0.4 is 10.2 Å². The van der Waals surface area contributed by atoms with Crippen molar-refractivity contribution in [3.63, 3.8) is 0 Å². The van der Waals surface area contributed by atoms with Crippen LogP contribution in [0.15, 0.2) is 29.2 Å². The Morgan fingerprint density at radius 1 is 1.35 bits per heavy atom. The number of carbonyl (C=O) groups is 2. The van der Waals surface area contributed by atoms with Gasteiger partial charge in [0.05, 0.1) is 0 Å². The van der Waals surface area contributed by atoms with Gasteiger partial charge >= 0.3 is 0 Å². The molecule has 2 rings (SSSR count). The van der Waals surface area contributed by atoms with Crippen LogP contribution in [0.3, 0.4) is 0 Å². The first kappa shape index (κ1) is 14.9. The molecule has 1 heterocycles. The van der Waals surface area contributed by atoms with Crippen LogP contribution in [0.25, 0.3) is 0 Å². The van der Waals surface area contributed by atoms with E-state index in [-0.39, 0.29) is 11.8 Å². The largest absolute Gasteiger partial charge is 0.340 e. The van der Waals surface area contributed by atoms with E-state index in [0.717, 1.165) is 10.6 Å². The monoisotopic (exact) mass is 292 g/mol. The standard InChI is InChI=1S/C15H20N2O2S/c1-5-12-13(18)16-15(2,3)14(19)17(12)10-7-6-8-11(9-10)20-4/h6-9,12H,5H2,1-4H3,(H,16,18). The van der Waals surface area contributed by atoms with Gasteiger partial charge in [0.2, 0.25) is 5.91 Å². The minimum Gasteiger partial charge on any atom is -0.340 e. The first-order valence-electron chi connectivity index (χ1n) is 6.70. The van der Waals surface area contributed by atoms with Crippen molar-refractivity contribution in [2.75, 3.05) is 11.2 Å². The number of anilines is 1. The number of piperazine rings is 1. The molecule has 1 unspecified atom stereocenters. The lowest BCUT2D eigenvalue weighted by Crippen LogP contribution is -2.68. The maximum Gasteiger partial charge on any atom is 0.252 e. The third-order valence-corrected chi connectivity index (χ3v) is 4.25. The van der Waals surface area contributed by atoms with E-state index in [1.54, 1.807) is 30.5 Å². The molecule has 1 aliphatic rings. The second-order valence-corrected chi connectivity index (χ2v) is 6.29. The molecule has 0 aliphatic carbocycles. The molecule has 0 bridgehead atoms. The first-order valence-corrected chi connectivity index (χ1v) is 7.93. The van der Waals surface area contributed by atoms with Crippen molar-refractivity contribution in [2.45, 2.75) is 43.7 Å². The molecule has 1 saturated heterocycles. The average Bonchev–Trinajstić information content (AvgIpc) is 2.42. The summed E-state index contributed by atoms with van der Waals surface area (Å²) in [5.41, 5.74) is -0.0744. The fourth-order valence-corrected chi connectivity index (χ4v) is 2.88. The highest BCUT2D eigenvalue weighted by molar-refractivity contribution is 7.98. The number of nitrogens with one attached hydrogen (secondary N) is 1. The third-order valence-electron chi connectivity index (χ3n) is 3.52. The van der Waals surface area contributed by atoms with Gasteiger partial charge in [-0.1, -0.05) is 13.0 Å². The molecule has 5 heteroatoms. The van der Waals surface area contributed by atoms with Crippen LogP contribution in [0.4, 0.5) is 5.69 Å². The van der Waals surface area contributed by atoms with Gasteiger partial charge < -0.3 is 5.32 Å². The summed E-state index contributed by atoms with van der Waals surface area (Å²) in [5, 5.41) is 2.80. The van der Waals surface area contributed by atoms with Gasteiger partial charge in [-0.3, -0.25) is 14.5 Å². The molecule has 1 atom stereocenters. The summed E-state index contributed by atoms with van der Waals surface area (Å²) in [6.07, 6.45) is 2.59. The Kier molecular flexibility index (Phi) is 4.09. The highest BCUT2D eigenvalue weighted by Gasteiger charge is 2.45. The predicted octanol–water partition coefficient (Wildman–Crippen LogP) is 2.43. The molecule has 1 aromatic carbocycles. The second-order valence-electron chi connectivity index (χ2n) is 5.41. The van der Waals surface area contributed by atoms with Crippen molar-refractivity contribution >= 4 is 29.3 Å². The molecule has 1 fully saturated rings. The Bertz CT molecular complexity index is 542. The van der Waals surface area contributed by atoms with Gasteiger partial charge in [0.25, 0.3) is 5.91 Å². The van der Waals surface area contributed by atoms with Gasteiger partial charge in [0, 0.05) is 10.6 Å². The topological polar surface area (TPSA) is 49.4 Å². The summed E-state index contributed by atoms with van der Waals surface area (Å²) in [4.78, 5) is 27.6. The van der Waals surface area contributed by atoms with Crippen LogP contribution in [0, 0.1) is 0 Å². The maximum absolute atomic E-state index is 12.7. The number of benzene rings is 1. The summed E-state index contributed by atoms with van der Waals surface area (Å²) >= 11 is 1.62. The minimum absolute atomic E-state index is 0.0674. The third kappa shape index (κ3) is 2.54. The van der Waals surface area contributed by atoms with Crippen molar-refractivity contribution in [1.29, 1.82) is 0 Å². The van der Waals surface area contributed by atoms with E-state index in [1.165, 1.54) is 0 Å². The van der Waals surface area contributed by atoms with Crippen molar-refractivity contribution < 1.29 is 9.59 Å². The molecular weight excluding hydrogens is 272 g/mol. The van der Waals surface area contributed by atoms with Crippen molar-refractivity contribution in [3.05, 3.63) is 24.3 Å². The van der Waals surface area contributed by atoms with Gasteiger partial charge in [-0.15, -0.1) is 11.8 Å². The zero-order valence-electron chi connectivity index (χ0n) is 12.3. The molecule has 0 spiro atoms. The quantitative estimate of drug-likeness (QED) is 0.871. The Labute approximate surface area is 123 Å². The van der Waals surface area contributed by atoms with Crippen molar-refractivity contribution in [2.24, 2.45) is 0 Å². The normalized spacial score (nSPS) is 21.8. The number of hydrogen-bond donors (Lipinski definition) is 1. The zero-order valence-corrected chi connectivity index (χ0v) is 13.1. The molecule has 0 aromatic heterocycles. The van der Waals surface area contributed by atoms with E-state index in [1.807, 2.05) is 37.4 Å². The van der Waals surface area contributed by atoms with Gasteiger partial charge in [-0.2, -0.15) is 0 Å². The van der Waals surface area contributed by atoms with Crippen LogP contribution >= 0.6 is 11.8 Å². The molecule has 0 radical (unpaired) electrons. The summed E-state index contributed by atoms with van der Waals surface area (Å²) in [6, 6.07) is 7.32. The average molecular weight is 292 g/mol. The lowest BCUT2D eigenvalue weighted by molar-refractivity contribution is -0.137. The number of amides is 2. The number of nitrogens with zero attached hydrogens (tertiary/aromatic N) is 1. The van der Waals surface area contributed by atoms with Gasteiger partial charge in [-0.05, 0) is 44.7 Å². The second kappa shape index (κ2) is 5.48. The molecular formula is C15H20N2O2S. The molecule has 2 amide bonds. The summed E-state index contributed by atoms with van der Waals surface area (Å²) in [7, 11) is 0. The van der Waals surface area contributed by atoms with Crippen LogP contribution in [-0.2, 0) is 9.59 Å². The molecule has 0 saturated carbocycles. The SMILES string of the molecule is CCC1C(=O)NC(C)(C)C(=O)N1c1cccc(SC)c1. The number of rotatable bonds is 3. The minimum atomic E-state index is -0.863. The van der Waals surface area contributed by atoms with Gasteiger partial charge in [-0.25, -0.2) is 0 Å². The Balaban J connectivity index is 2.48.